The Hall–Kier alpha value is -2.11. The topological polar surface area (TPSA) is 89.7 Å². The monoisotopic (exact) mass is 265 g/mol. The summed E-state index contributed by atoms with van der Waals surface area (Å²) in [5, 5.41) is 20.0. The fourth-order valence-electron chi connectivity index (χ4n) is 2.03. The molecule has 19 heavy (non-hydrogen) atoms. The number of carboxylic acids is 1. The summed E-state index contributed by atoms with van der Waals surface area (Å²) in [6, 6.07) is 2.95. The van der Waals surface area contributed by atoms with Gasteiger partial charge in [0, 0.05) is 11.5 Å². The molecule has 1 aromatic carbocycles. The first-order chi connectivity index (χ1) is 8.90. The standard InChI is InChI=1S/C13H15NO5/c1-7-5-8(2)11(6-10(7)14(17)18)19-12(13(15)16)9-3-4-9/h5-6,9,12H,3-4H2,1-2H3,(H,15,16). The quantitative estimate of drug-likeness (QED) is 0.652. The number of nitro groups is 1. The molecule has 0 radical (unpaired) electrons. The lowest BCUT2D eigenvalue weighted by molar-refractivity contribution is -0.385. The van der Waals surface area contributed by atoms with Crippen molar-refractivity contribution in [1.82, 2.24) is 0 Å². The van der Waals surface area contributed by atoms with Crippen LogP contribution in [0.5, 0.6) is 5.75 Å². The largest absolute Gasteiger partial charge is 0.478 e. The fourth-order valence-corrected chi connectivity index (χ4v) is 2.03. The molecule has 1 aliphatic rings. The van der Waals surface area contributed by atoms with Crippen LogP contribution in [-0.4, -0.2) is 22.1 Å². The number of nitro benzene ring substituents is 1. The van der Waals surface area contributed by atoms with Gasteiger partial charge in [-0.2, -0.15) is 0 Å². The van der Waals surface area contributed by atoms with Crippen LogP contribution in [0.15, 0.2) is 12.1 Å². The highest BCUT2D eigenvalue weighted by Crippen LogP contribution is 2.37. The van der Waals surface area contributed by atoms with Gasteiger partial charge in [-0.1, -0.05) is 0 Å². The summed E-state index contributed by atoms with van der Waals surface area (Å²) in [5.74, 6) is -0.737. The number of rotatable bonds is 5. The molecule has 1 unspecified atom stereocenters. The Balaban J connectivity index is 2.30. The molecule has 1 fully saturated rings. The van der Waals surface area contributed by atoms with Crippen LogP contribution in [0.3, 0.4) is 0 Å². The molecule has 1 aliphatic carbocycles. The van der Waals surface area contributed by atoms with Gasteiger partial charge in [-0.15, -0.1) is 0 Å². The highest BCUT2D eigenvalue weighted by molar-refractivity contribution is 5.73. The van der Waals surface area contributed by atoms with Crippen molar-refractivity contribution in [2.24, 2.45) is 5.92 Å². The van der Waals surface area contributed by atoms with Gasteiger partial charge in [0.25, 0.3) is 5.69 Å². The minimum atomic E-state index is -1.02. The van der Waals surface area contributed by atoms with Crippen LogP contribution in [0.25, 0.3) is 0 Å². The van der Waals surface area contributed by atoms with Crippen molar-refractivity contribution >= 4 is 11.7 Å². The van der Waals surface area contributed by atoms with E-state index in [0.717, 1.165) is 12.8 Å². The summed E-state index contributed by atoms with van der Waals surface area (Å²) in [5.41, 5.74) is 1.18. The van der Waals surface area contributed by atoms with Crippen LogP contribution >= 0.6 is 0 Å². The SMILES string of the molecule is Cc1cc(C)c([N+](=O)[O-])cc1OC(C(=O)O)C1CC1. The van der Waals surface area contributed by atoms with E-state index >= 15 is 0 Å². The van der Waals surface area contributed by atoms with Crippen molar-refractivity contribution in [2.45, 2.75) is 32.8 Å². The smallest absolute Gasteiger partial charge is 0.345 e. The number of nitrogens with zero attached hydrogens (tertiary/aromatic N) is 1. The van der Waals surface area contributed by atoms with Gasteiger partial charge < -0.3 is 9.84 Å². The zero-order valence-electron chi connectivity index (χ0n) is 10.8. The van der Waals surface area contributed by atoms with E-state index in [1.807, 2.05) is 0 Å². The molecule has 0 aliphatic heterocycles. The number of aliphatic carboxylic acids is 1. The zero-order chi connectivity index (χ0) is 14.2. The summed E-state index contributed by atoms with van der Waals surface area (Å²) < 4.78 is 5.47. The van der Waals surface area contributed by atoms with E-state index in [1.54, 1.807) is 19.9 Å². The normalized spacial score (nSPS) is 15.9. The second-order valence-electron chi connectivity index (χ2n) is 4.88. The Bertz CT molecular complexity index is 536. The zero-order valence-corrected chi connectivity index (χ0v) is 10.8. The second kappa shape index (κ2) is 4.87. The van der Waals surface area contributed by atoms with Gasteiger partial charge in [-0.3, -0.25) is 10.1 Å². The van der Waals surface area contributed by atoms with E-state index in [4.69, 9.17) is 9.84 Å². The van der Waals surface area contributed by atoms with Crippen LogP contribution in [-0.2, 0) is 4.79 Å². The Labute approximate surface area is 110 Å². The maximum Gasteiger partial charge on any atom is 0.345 e. The maximum absolute atomic E-state index is 11.1. The first-order valence-electron chi connectivity index (χ1n) is 6.05. The maximum atomic E-state index is 11.1. The van der Waals surface area contributed by atoms with E-state index in [2.05, 4.69) is 0 Å². The van der Waals surface area contributed by atoms with Crippen molar-refractivity contribution in [3.8, 4) is 5.75 Å². The highest BCUT2D eigenvalue weighted by atomic mass is 16.6. The lowest BCUT2D eigenvalue weighted by atomic mass is 10.1. The number of hydrogen-bond acceptors (Lipinski definition) is 4. The van der Waals surface area contributed by atoms with Gasteiger partial charge >= 0.3 is 5.97 Å². The number of carbonyl (C=O) groups is 1. The van der Waals surface area contributed by atoms with Crippen molar-refractivity contribution in [3.63, 3.8) is 0 Å². The van der Waals surface area contributed by atoms with Gasteiger partial charge in [-0.25, -0.2) is 4.79 Å². The molecule has 0 aromatic heterocycles. The average Bonchev–Trinajstić information content (AvgIpc) is 3.10. The third kappa shape index (κ3) is 2.83. The summed E-state index contributed by atoms with van der Waals surface area (Å²) in [6.07, 6.45) is 0.731. The summed E-state index contributed by atoms with van der Waals surface area (Å²) >= 11 is 0. The van der Waals surface area contributed by atoms with E-state index in [0.29, 0.717) is 11.1 Å². The Morgan fingerprint density at radius 2 is 2.05 bits per heavy atom. The Kier molecular flexibility index (Phi) is 3.42. The molecule has 0 heterocycles. The molecule has 6 heteroatoms. The molecule has 0 amide bonds. The number of ether oxygens (including phenoxy) is 1. The second-order valence-corrected chi connectivity index (χ2v) is 4.88. The molecule has 1 N–H and O–H groups in total. The number of benzene rings is 1. The minimum absolute atomic E-state index is 0.0114. The Morgan fingerprint density at radius 1 is 1.42 bits per heavy atom. The predicted octanol–water partition coefficient (Wildman–Crippen LogP) is 2.45. The van der Waals surface area contributed by atoms with Crippen molar-refractivity contribution in [2.75, 3.05) is 0 Å². The van der Waals surface area contributed by atoms with Crippen LogP contribution in [0.1, 0.15) is 24.0 Å². The third-order valence-electron chi connectivity index (χ3n) is 3.24. The van der Waals surface area contributed by atoms with Gasteiger partial charge in [0.1, 0.15) is 5.75 Å². The predicted molar refractivity (Wildman–Crippen MR) is 67.3 cm³/mol. The highest BCUT2D eigenvalue weighted by Gasteiger charge is 2.38. The molecule has 6 nitrogen and oxygen atoms in total. The van der Waals surface area contributed by atoms with Crippen LogP contribution < -0.4 is 4.74 Å². The van der Waals surface area contributed by atoms with Crippen molar-refractivity contribution < 1.29 is 19.6 Å². The van der Waals surface area contributed by atoms with Gasteiger partial charge in [0.15, 0.2) is 6.10 Å². The first kappa shape index (κ1) is 13.3. The Morgan fingerprint density at radius 3 is 2.53 bits per heavy atom. The summed E-state index contributed by atoms with van der Waals surface area (Å²) in [7, 11) is 0. The van der Waals surface area contributed by atoms with E-state index in [1.165, 1.54) is 6.07 Å². The number of carboxylic acid groups (broad SMARTS) is 1. The van der Waals surface area contributed by atoms with E-state index in [9.17, 15) is 14.9 Å². The first-order valence-corrected chi connectivity index (χ1v) is 6.05. The summed E-state index contributed by atoms with van der Waals surface area (Å²) in [6.45, 7) is 3.39. The van der Waals surface area contributed by atoms with E-state index < -0.39 is 17.0 Å². The molecular weight excluding hydrogens is 250 g/mol. The molecular formula is C13H15NO5. The molecule has 2 rings (SSSR count). The molecule has 1 saturated carbocycles. The van der Waals surface area contributed by atoms with Gasteiger partial charge in [0.05, 0.1) is 11.0 Å². The van der Waals surface area contributed by atoms with Crippen LogP contribution in [0, 0.1) is 29.9 Å². The van der Waals surface area contributed by atoms with Gasteiger partial charge in [-0.05, 0) is 38.3 Å². The fraction of sp³-hybridized carbons (Fsp3) is 0.462. The number of hydrogen-bond donors (Lipinski definition) is 1. The summed E-state index contributed by atoms with van der Waals surface area (Å²) in [4.78, 5) is 21.5. The molecule has 0 spiro atoms. The van der Waals surface area contributed by atoms with Crippen molar-refractivity contribution in [3.05, 3.63) is 33.4 Å². The average molecular weight is 265 g/mol. The van der Waals surface area contributed by atoms with Crippen molar-refractivity contribution in [1.29, 1.82) is 0 Å². The molecule has 102 valence electrons. The number of aryl methyl sites for hydroxylation is 2. The molecule has 1 atom stereocenters. The molecule has 1 aromatic rings. The lowest BCUT2D eigenvalue weighted by Crippen LogP contribution is -2.29. The van der Waals surface area contributed by atoms with Gasteiger partial charge in [0.2, 0.25) is 0 Å². The van der Waals surface area contributed by atoms with Crippen LogP contribution in [0.4, 0.5) is 5.69 Å². The lowest BCUT2D eigenvalue weighted by Gasteiger charge is -2.16. The molecule has 0 saturated heterocycles. The third-order valence-corrected chi connectivity index (χ3v) is 3.24. The van der Waals surface area contributed by atoms with Crippen LogP contribution in [0.2, 0.25) is 0 Å². The molecule has 0 bridgehead atoms. The minimum Gasteiger partial charge on any atom is -0.478 e. The van der Waals surface area contributed by atoms with E-state index in [-0.39, 0.29) is 17.4 Å².